The van der Waals surface area contributed by atoms with Crippen LogP contribution in [-0.2, 0) is 12.8 Å². The Labute approximate surface area is 119 Å². The summed E-state index contributed by atoms with van der Waals surface area (Å²) in [5.74, 6) is 1.67. The van der Waals surface area contributed by atoms with Gasteiger partial charge in [-0.25, -0.2) is 0 Å². The summed E-state index contributed by atoms with van der Waals surface area (Å²) in [6.07, 6.45) is 3.39. The Morgan fingerprint density at radius 2 is 1.90 bits per heavy atom. The molecule has 2 aromatic rings. The van der Waals surface area contributed by atoms with Gasteiger partial charge in [0.1, 0.15) is 5.75 Å². The summed E-state index contributed by atoms with van der Waals surface area (Å²) >= 11 is 0. The van der Waals surface area contributed by atoms with Gasteiger partial charge in [0, 0.05) is 18.2 Å². The van der Waals surface area contributed by atoms with Crippen LogP contribution in [0, 0.1) is 0 Å². The SMILES string of the molecule is c1ccc2c(c1)CC(c1cccc3c1OCCC3)CN2. The molecule has 102 valence electrons. The van der Waals surface area contributed by atoms with E-state index in [9.17, 15) is 0 Å². The number of ether oxygens (including phenoxy) is 1. The minimum atomic E-state index is 0.512. The van der Waals surface area contributed by atoms with E-state index in [0.29, 0.717) is 5.92 Å². The molecule has 1 unspecified atom stereocenters. The van der Waals surface area contributed by atoms with Crippen LogP contribution in [0.15, 0.2) is 42.5 Å². The second kappa shape index (κ2) is 4.86. The first-order chi connectivity index (χ1) is 9.92. The second-order valence-electron chi connectivity index (χ2n) is 5.73. The molecule has 2 nitrogen and oxygen atoms in total. The smallest absolute Gasteiger partial charge is 0.126 e. The molecule has 20 heavy (non-hydrogen) atoms. The number of hydrogen-bond donors (Lipinski definition) is 1. The first-order valence-corrected chi connectivity index (χ1v) is 7.48. The minimum Gasteiger partial charge on any atom is -0.493 e. The molecule has 2 heteroatoms. The van der Waals surface area contributed by atoms with Crippen molar-refractivity contribution in [3.05, 3.63) is 59.2 Å². The summed E-state index contributed by atoms with van der Waals surface area (Å²) in [5, 5.41) is 3.56. The van der Waals surface area contributed by atoms with E-state index in [1.165, 1.54) is 22.4 Å². The predicted molar refractivity (Wildman–Crippen MR) is 81.6 cm³/mol. The van der Waals surface area contributed by atoms with Crippen molar-refractivity contribution in [1.82, 2.24) is 0 Å². The first kappa shape index (κ1) is 11.8. The Balaban J connectivity index is 1.70. The third kappa shape index (κ3) is 1.96. The van der Waals surface area contributed by atoms with Crippen LogP contribution >= 0.6 is 0 Å². The number of para-hydroxylation sites is 2. The topological polar surface area (TPSA) is 21.3 Å². The van der Waals surface area contributed by atoms with Crippen molar-refractivity contribution in [3.63, 3.8) is 0 Å². The van der Waals surface area contributed by atoms with E-state index in [4.69, 9.17) is 4.74 Å². The van der Waals surface area contributed by atoms with Crippen LogP contribution < -0.4 is 10.1 Å². The molecule has 2 aliphatic rings. The summed E-state index contributed by atoms with van der Waals surface area (Å²) in [6.45, 7) is 1.86. The van der Waals surface area contributed by atoms with Crippen molar-refractivity contribution in [3.8, 4) is 5.75 Å². The van der Waals surface area contributed by atoms with Gasteiger partial charge in [-0.3, -0.25) is 0 Å². The molecule has 4 rings (SSSR count). The molecule has 0 saturated carbocycles. The highest BCUT2D eigenvalue weighted by Crippen LogP contribution is 2.38. The lowest BCUT2D eigenvalue weighted by Crippen LogP contribution is -2.23. The number of benzene rings is 2. The van der Waals surface area contributed by atoms with E-state index in [1.807, 2.05) is 0 Å². The van der Waals surface area contributed by atoms with Crippen LogP contribution in [0.4, 0.5) is 5.69 Å². The lowest BCUT2D eigenvalue weighted by Gasteiger charge is -2.29. The molecule has 0 aromatic heterocycles. The summed E-state index contributed by atoms with van der Waals surface area (Å²) < 4.78 is 5.97. The van der Waals surface area contributed by atoms with Gasteiger partial charge in [0.25, 0.3) is 0 Å². The van der Waals surface area contributed by atoms with Gasteiger partial charge >= 0.3 is 0 Å². The molecule has 1 atom stereocenters. The normalized spacial score (nSPS) is 20.3. The zero-order chi connectivity index (χ0) is 13.4. The number of hydrogen-bond acceptors (Lipinski definition) is 2. The summed E-state index contributed by atoms with van der Waals surface area (Å²) in [5.41, 5.74) is 5.46. The summed E-state index contributed by atoms with van der Waals surface area (Å²) in [7, 11) is 0. The molecular formula is C18H19NO. The van der Waals surface area contributed by atoms with Crippen molar-refractivity contribution in [1.29, 1.82) is 0 Å². The Hall–Kier alpha value is -1.96. The van der Waals surface area contributed by atoms with Gasteiger partial charge in [-0.2, -0.15) is 0 Å². The van der Waals surface area contributed by atoms with Crippen LogP contribution in [0.3, 0.4) is 0 Å². The Morgan fingerprint density at radius 3 is 2.90 bits per heavy atom. The van der Waals surface area contributed by atoms with Crippen LogP contribution in [0.2, 0.25) is 0 Å². The number of anilines is 1. The number of nitrogens with one attached hydrogen (secondary N) is 1. The highest BCUT2D eigenvalue weighted by molar-refractivity contribution is 5.56. The standard InChI is InChI=1S/C18H19NO/c1-2-9-17-14(5-1)11-15(12-19-17)16-8-3-6-13-7-4-10-20-18(13)16/h1-3,5-6,8-9,15,19H,4,7,10-12H2. The van der Waals surface area contributed by atoms with Crippen molar-refractivity contribution in [2.75, 3.05) is 18.5 Å². The molecule has 2 heterocycles. The Bertz CT molecular complexity index is 635. The highest BCUT2D eigenvalue weighted by Gasteiger charge is 2.24. The molecule has 0 saturated heterocycles. The van der Waals surface area contributed by atoms with Gasteiger partial charge in [0.05, 0.1) is 6.61 Å². The van der Waals surface area contributed by atoms with E-state index in [2.05, 4.69) is 47.8 Å². The lowest BCUT2D eigenvalue weighted by atomic mass is 9.86. The average molecular weight is 265 g/mol. The lowest BCUT2D eigenvalue weighted by molar-refractivity contribution is 0.283. The van der Waals surface area contributed by atoms with Crippen LogP contribution in [0.5, 0.6) is 5.75 Å². The predicted octanol–water partition coefficient (Wildman–Crippen LogP) is 3.76. The van der Waals surface area contributed by atoms with E-state index in [-0.39, 0.29) is 0 Å². The highest BCUT2D eigenvalue weighted by atomic mass is 16.5. The molecule has 2 aromatic carbocycles. The average Bonchev–Trinajstić information content (AvgIpc) is 2.54. The van der Waals surface area contributed by atoms with E-state index in [0.717, 1.165) is 38.2 Å². The fraction of sp³-hybridized carbons (Fsp3) is 0.333. The van der Waals surface area contributed by atoms with Crippen LogP contribution in [0.1, 0.15) is 29.0 Å². The minimum absolute atomic E-state index is 0.512. The summed E-state index contributed by atoms with van der Waals surface area (Å²) in [4.78, 5) is 0. The van der Waals surface area contributed by atoms with Gasteiger partial charge in [-0.15, -0.1) is 0 Å². The van der Waals surface area contributed by atoms with E-state index in [1.54, 1.807) is 0 Å². The van der Waals surface area contributed by atoms with Gasteiger partial charge in [0.15, 0.2) is 0 Å². The maximum Gasteiger partial charge on any atom is 0.126 e. The maximum atomic E-state index is 5.97. The zero-order valence-corrected chi connectivity index (χ0v) is 11.6. The monoisotopic (exact) mass is 265 g/mol. The van der Waals surface area contributed by atoms with Gasteiger partial charge in [-0.1, -0.05) is 36.4 Å². The molecule has 0 radical (unpaired) electrons. The fourth-order valence-electron chi connectivity index (χ4n) is 3.40. The second-order valence-corrected chi connectivity index (χ2v) is 5.73. The van der Waals surface area contributed by atoms with Crippen molar-refractivity contribution in [2.24, 2.45) is 0 Å². The molecule has 0 fully saturated rings. The van der Waals surface area contributed by atoms with Gasteiger partial charge in [-0.05, 0) is 42.0 Å². The Morgan fingerprint density at radius 1 is 1.00 bits per heavy atom. The molecular weight excluding hydrogens is 246 g/mol. The maximum absolute atomic E-state index is 5.97. The van der Waals surface area contributed by atoms with Crippen molar-refractivity contribution in [2.45, 2.75) is 25.2 Å². The van der Waals surface area contributed by atoms with Crippen molar-refractivity contribution >= 4 is 5.69 Å². The number of fused-ring (bicyclic) bond motifs is 2. The van der Waals surface area contributed by atoms with E-state index >= 15 is 0 Å². The largest absolute Gasteiger partial charge is 0.493 e. The van der Waals surface area contributed by atoms with E-state index < -0.39 is 0 Å². The molecule has 0 amide bonds. The first-order valence-electron chi connectivity index (χ1n) is 7.48. The van der Waals surface area contributed by atoms with Gasteiger partial charge < -0.3 is 10.1 Å². The molecule has 2 aliphatic heterocycles. The zero-order valence-electron chi connectivity index (χ0n) is 11.6. The molecule has 1 N–H and O–H groups in total. The molecule has 0 aliphatic carbocycles. The van der Waals surface area contributed by atoms with Gasteiger partial charge in [0.2, 0.25) is 0 Å². The third-order valence-corrected chi connectivity index (χ3v) is 4.43. The number of rotatable bonds is 1. The van der Waals surface area contributed by atoms with Crippen LogP contribution in [-0.4, -0.2) is 13.2 Å². The Kier molecular flexibility index (Phi) is 2.87. The third-order valence-electron chi connectivity index (χ3n) is 4.43. The van der Waals surface area contributed by atoms with Crippen molar-refractivity contribution < 1.29 is 4.74 Å². The summed E-state index contributed by atoms with van der Waals surface area (Å²) in [6, 6.07) is 15.3. The quantitative estimate of drug-likeness (QED) is 0.847. The molecule has 0 spiro atoms. The molecule has 0 bridgehead atoms. The van der Waals surface area contributed by atoms with Crippen LogP contribution in [0.25, 0.3) is 0 Å². The number of aryl methyl sites for hydroxylation is 1. The fourth-order valence-corrected chi connectivity index (χ4v) is 3.40.